The number of ether oxygens (including phenoxy) is 1. The molecule has 4 fully saturated rings. The Bertz CT molecular complexity index is 1020. The van der Waals surface area contributed by atoms with Gasteiger partial charge in [-0.15, -0.1) is 0 Å². The third-order valence-electron chi connectivity index (χ3n) is 7.46. The summed E-state index contributed by atoms with van der Waals surface area (Å²) in [6, 6.07) is 4.65. The van der Waals surface area contributed by atoms with E-state index < -0.39 is 11.9 Å². The smallest absolute Gasteiger partial charge is 0.315 e. The Balaban J connectivity index is 1.09. The first-order valence-electron chi connectivity index (χ1n) is 11.9. The van der Waals surface area contributed by atoms with Crippen molar-refractivity contribution in [2.45, 2.75) is 56.8 Å². The molecule has 2 heterocycles. The molecule has 1 unspecified atom stereocenters. The standard InChI is InChI=1S/C24H31N5O5/c1-25-6-7-34-14-23-11-24(12-23,13-23)28-22(33)26-9-15-2-3-17-16(8-15)10-29(21(17)32)18-4-5-19(30)27-20(18)31/h2-3,8,18,25H,4-7,9-14H2,1H3,(H2,26,28,33)(H,27,30,31). The average molecular weight is 470 g/mol. The Labute approximate surface area is 198 Å². The topological polar surface area (TPSA) is 129 Å². The van der Waals surface area contributed by atoms with Gasteiger partial charge in [-0.05, 0) is 49.9 Å². The van der Waals surface area contributed by atoms with E-state index in [2.05, 4.69) is 21.3 Å². The fraction of sp³-hybridized carbons (Fsp3) is 0.583. The minimum atomic E-state index is -0.630. The van der Waals surface area contributed by atoms with Crippen LogP contribution in [-0.4, -0.2) is 67.0 Å². The lowest BCUT2D eigenvalue weighted by atomic mass is 9.39. The molecular weight excluding hydrogens is 438 g/mol. The zero-order chi connectivity index (χ0) is 23.9. The Morgan fingerprint density at radius 2 is 2.03 bits per heavy atom. The summed E-state index contributed by atoms with van der Waals surface area (Å²) in [7, 11) is 1.90. The summed E-state index contributed by atoms with van der Waals surface area (Å²) in [5, 5.41) is 11.4. The number of hydrogen-bond acceptors (Lipinski definition) is 6. The lowest BCUT2D eigenvalue weighted by molar-refractivity contribution is -0.183. The number of amides is 5. The van der Waals surface area contributed by atoms with Crippen LogP contribution in [0.2, 0.25) is 0 Å². The maximum atomic E-state index is 12.8. The zero-order valence-corrected chi connectivity index (χ0v) is 19.4. The Hall–Kier alpha value is -2.98. The van der Waals surface area contributed by atoms with Gasteiger partial charge in [0.2, 0.25) is 11.8 Å². The van der Waals surface area contributed by atoms with Gasteiger partial charge in [0.05, 0.1) is 13.2 Å². The predicted octanol–water partition coefficient (Wildman–Crippen LogP) is 0.406. The van der Waals surface area contributed by atoms with Crippen molar-refractivity contribution in [3.8, 4) is 0 Å². The van der Waals surface area contributed by atoms with Gasteiger partial charge in [-0.1, -0.05) is 12.1 Å². The van der Waals surface area contributed by atoms with Crippen LogP contribution in [0.5, 0.6) is 0 Å². The van der Waals surface area contributed by atoms with E-state index in [0.29, 0.717) is 31.7 Å². The second-order valence-corrected chi connectivity index (χ2v) is 10.2. The van der Waals surface area contributed by atoms with E-state index in [1.54, 1.807) is 6.07 Å². The van der Waals surface area contributed by atoms with Crippen molar-refractivity contribution >= 4 is 23.8 Å². The van der Waals surface area contributed by atoms with Crippen molar-refractivity contribution in [3.63, 3.8) is 0 Å². The van der Waals surface area contributed by atoms with Crippen LogP contribution in [0.25, 0.3) is 0 Å². The summed E-state index contributed by atoms with van der Waals surface area (Å²) >= 11 is 0. The summed E-state index contributed by atoms with van der Waals surface area (Å²) in [6.07, 6.45) is 3.45. The van der Waals surface area contributed by atoms with E-state index >= 15 is 0 Å². The first-order chi connectivity index (χ1) is 16.3. The average Bonchev–Trinajstić information content (AvgIpc) is 3.08. The van der Waals surface area contributed by atoms with Crippen molar-refractivity contribution in [2.24, 2.45) is 5.41 Å². The highest BCUT2D eigenvalue weighted by Gasteiger charge is 2.68. The molecule has 3 saturated carbocycles. The minimum Gasteiger partial charge on any atom is -0.380 e. The number of nitrogens with zero attached hydrogens (tertiary/aromatic N) is 1. The van der Waals surface area contributed by atoms with Gasteiger partial charge in [-0.25, -0.2) is 4.79 Å². The van der Waals surface area contributed by atoms with Crippen LogP contribution < -0.4 is 21.3 Å². The van der Waals surface area contributed by atoms with Gasteiger partial charge in [-0.3, -0.25) is 19.7 Å². The third-order valence-corrected chi connectivity index (χ3v) is 7.46. The van der Waals surface area contributed by atoms with Crippen molar-refractivity contribution in [2.75, 3.05) is 26.8 Å². The van der Waals surface area contributed by atoms with Crippen LogP contribution in [0, 0.1) is 5.41 Å². The number of piperidine rings is 1. The molecule has 0 aromatic heterocycles. The molecule has 5 aliphatic rings. The fourth-order valence-corrected chi connectivity index (χ4v) is 5.95. The van der Waals surface area contributed by atoms with Gasteiger partial charge in [-0.2, -0.15) is 0 Å². The van der Waals surface area contributed by atoms with E-state index in [1.807, 2.05) is 19.2 Å². The summed E-state index contributed by atoms with van der Waals surface area (Å²) in [6.45, 7) is 2.97. The molecular formula is C24H31N5O5. The van der Waals surface area contributed by atoms with Gasteiger partial charge in [0.1, 0.15) is 6.04 Å². The second-order valence-electron chi connectivity index (χ2n) is 10.2. The molecule has 1 aromatic carbocycles. The number of fused-ring (bicyclic) bond motifs is 1. The van der Waals surface area contributed by atoms with Crippen molar-refractivity contribution in [1.29, 1.82) is 0 Å². The van der Waals surface area contributed by atoms with E-state index in [-0.39, 0.29) is 35.2 Å². The van der Waals surface area contributed by atoms with Gasteiger partial charge in [0.15, 0.2) is 0 Å². The first-order valence-corrected chi connectivity index (χ1v) is 11.9. The minimum absolute atomic E-state index is 0.0940. The number of likely N-dealkylation sites (N-methyl/N-ethyl adjacent to an activating group) is 1. The van der Waals surface area contributed by atoms with E-state index in [0.717, 1.165) is 43.5 Å². The molecule has 3 aliphatic carbocycles. The van der Waals surface area contributed by atoms with Crippen LogP contribution in [0.4, 0.5) is 4.79 Å². The molecule has 10 nitrogen and oxygen atoms in total. The second kappa shape index (κ2) is 8.66. The van der Waals surface area contributed by atoms with Gasteiger partial charge in [0, 0.05) is 42.6 Å². The molecule has 6 rings (SSSR count). The number of benzene rings is 1. The fourth-order valence-electron chi connectivity index (χ4n) is 5.95. The van der Waals surface area contributed by atoms with Gasteiger partial charge >= 0.3 is 6.03 Å². The Morgan fingerprint density at radius 1 is 1.24 bits per heavy atom. The number of urea groups is 1. The molecule has 0 spiro atoms. The summed E-state index contributed by atoms with van der Waals surface area (Å²) < 4.78 is 5.72. The Morgan fingerprint density at radius 3 is 2.76 bits per heavy atom. The third kappa shape index (κ3) is 4.16. The van der Waals surface area contributed by atoms with E-state index in [1.165, 1.54) is 4.90 Å². The molecule has 2 aliphatic heterocycles. The van der Waals surface area contributed by atoms with Crippen LogP contribution in [0.3, 0.4) is 0 Å². The monoisotopic (exact) mass is 469 g/mol. The molecule has 5 amide bonds. The Kier molecular flexibility index (Phi) is 5.81. The molecule has 2 bridgehead atoms. The molecule has 182 valence electrons. The highest BCUT2D eigenvalue weighted by molar-refractivity contribution is 6.05. The van der Waals surface area contributed by atoms with Gasteiger partial charge < -0.3 is 25.6 Å². The number of carbonyl (C=O) groups is 4. The number of nitrogens with one attached hydrogen (secondary N) is 4. The molecule has 4 N–H and O–H groups in total. The van der Waals surface area contributed by atoms with Crippen LogP contribution in [0.15, 0.2) is 18.2 Å². The van der Waals surface area contributed by atoms with E-state index in [4.69, 9.17) is 4.74 Å². The highest BCUT2D eigenvalue weighted by Crippen LogP contribution is 2.67. The summed E-state index contributed by atoms with van der Waals surface area (Å²) in [4.78, 5) is 50.4. The quantitative estimate of drug-likeness (QED) is 0.306. The number of rotatable bonds is 9. The van der Waals surface area contributed by atoms with Crippen LogP contribution in [-0.2, 0) is 27.4 Å². The summed E-state index contributed by atoms with van der Waals surface area (Å²) in [5.74, 6) is -0.922. The molecule has 10 heteroatoms. The molecule has 1 aromatic rings. The molecule has 1 atom stereocenters. The van der Waals surface area contributed by atoms with Crippen molar-refractivity contribution < 1.29 is 23.9 Å². The van der Waals surface area contributed by atoms with Crippen molar-refractivity contribution in [1.82, 2.24) is 26.2 Å². The maximum absolute atomic E-state index is 12.8. The summed E-state index contributed by atoms with van der Waals surface area (Å²) in [5.41, 5.74) is 2.42. The largest absolute Gasteiger partial charge is 0.380 e. The normalized spacial score (nSPS) is 29.1. The number of imide groups is 1. The van der Waals surface area contributed by atoms with Crippen LogP contribution in [0.1, 0.15) is 53.6 Å². The van der Waals surface area contributed by atoms with Gasteiger partial charge in [0.25, 0.3) is 5.91 Å². The number of carbonyl (C=O) groups excluding carboxylic acids is 4. The number of hydrogen-bond donors (Lipinski definition) is 4. The highest BCUT2D eigenvalue weighted by atomic mass is 16.5. The van der Waals surface area contributed by atoms with Crippen molar-refractivity contribution in [3.05, 3.63) is 34.9 Å². The predicted molar refractivity (Wildman–Crippen MR) is 122 cm³/mol. The molecule has 0 radical (unpaired) electrons. The lowest BCUT2D eigenvalue weighted by Gasteiger charge is -2.70. The zero-order valence-electron chi connectivity index (χ0n) is 19.4. The first kappa shape index (κ1) is 22.8. The molecule has 34 heavy (non-hydrogen) atoms. The molecule has 1 saturated heterocycles. The van der Waals surface area contributed by atoms with Crippen LogP contribution >= 0.6 is 0 Å². The SMILES string of the molecule is CNCCOCC12CC(NC(=O)NCc3ccc4c(c3)CN(C3CCC(=O)NC3=O)C4=O)(C1)C2. The van der Waals surface area contributed by atoms with E-state index in [9.17, 15) is 19.2 Å². The maximum Gasteiger partial charge on any atom is 0.315 e. The lowest BCUT2D eigenvalue weighted by Crippen LogP contribution is -2.76.